The molecule has 0 aliphatic carbocycles. The maximum atomic E-state index is 5.87. The van der Waals surface area contributed by atoms with E-state index in [1.54, 1.807) is 12.5 Å². The van der Waals surface area contributed by atoms with E-state index in [-0.39, 0.29) is 4.75 Å². The second-order valence-electron chi connectivity index (χ2n) is 5.12. The number of hydrogen-bond donors (Lipinski definition) is 0. The molecule has 0 spiro atoms. The molecule has 1 heterocycles. The van der Waals surface area contributed by atoms with Gasteiger partial charge >= 0.3 is 0 Å². The fourth-order valence-corrected chi connectivity index (χ4v) is 2.00. The van der Waals surface area contributed by atoms with E-state index in [2.05, 4.69) is 30.2 Å². The monoisotopic (exact) mass is 293 g/mol. The zero-order valence-corrected chi connectivity index (χ0v) is 12.7. The molecule has 0 amide bonds. The van der Waals surface area contributed by atoms with E-state index in [0.29, 0.717) is 0 Å². The molecule has 0 N–H and O–H groups in total. The molecule has 2 aromatic rings. The van der Waals surface area contributed by atoms with E-state index in [1.165, 1.54) is 11.9 Å². The predicted molar refractivity (Wildman–Crippen MR) is 83.5 cm³/mol. The van der Waals surface area contributed by atoms with Gasteiger partial charge in [-0.2, -0.15) is 0 Å². The first-order valence-corrected chi connectivity index (χ1v) is 7.11. The number of benzene rings is 1. The van der Waals surface area contributed by atoms with E-state index in [4.69, 9.17) is 11.6 Å². The number of rotatable bonds is 3. The molecule has 1 aromatic carbocycles. The van der Waals surface area contributed by atoms with Crippen LogP contribution in [-0.4, -0.2) is 20.5 Å². The van der Waals surface area contributed by atoms with Gasteiger partial charge in [-0.15, -0.1) is 0 Å². The topological polar surface area (TPSA) is 30.2 Å². The first kappa shape index (κ1) is 14.2. The summed E-state index contributed by atoms with van der Waals surface area (Å²) in [5, 5.41) is 0.729. The highest BCUT2D eigenvalue weighted by Crippen LogP contribution is 2.23. The van der Waals surface area contributed by atoms with Crippen LogP contribution in [0.3, 0.4) is 0 Å². The summed E-state index contributed by atoms with van der Waals surface area (Å²) in [4.78, 5) is 4.30. The van der Waals surface area contributed by atoms with Crippen LogP contribution in [0.5, 0.6) is 0 Å². The third-order valence-electron chi connectivity index (χ3n) is 2.24. The van der Waals surface area contributed by atoms with Crippen molar-refractivity contribution in [1.82, 2.24) is 9.55 Å². The second kappa shape index (κ2) is 5.80. The summed E-state index contributed by atoms with van der Waals surface area (Å²) in [5.74, 6) is 0. The fraction of sp³-hybridized carbons (Fsp3) is 0.286. The van der Waals surface area contributed by atoms with Crippen molar-refractivity contribution in [3.63, 3.8) is 0 Å². The quantitative estimate of drug-likeness (QED) is 0.620. The number of halogens is 1. The number of imidazole rings is 1. The molecule has 0 radical (unpaired) electrons. The van der Waals surface area contributed by atoms with Gasteiger partial charge in [-0.25, -0.2) is 9.38 Å². The minimum absolute atomic E-state index is 0.120. The van der Waals surface area contributed by atoms with Crippen LogP contribution in [0, 0.1) is 0 Å². The van der Waals surface area contributed by atoms with Gasteiger partial charge in [0.05, 0.1) is 12.5 Å². The van der Waals surface area contributed by atoms with Crippen molar-refractivity contribution in [3.05, 3.63) is 47.5 Å². The summed E-state index contributed by atoms with van der Waals surface area (Å²) in [6.07, 6.45) is 5.49. The van der Waals surface area contributed by atoms with Crippen LogP contribution >= 0.6 is 23.5 Å². The van der Waals surface area contributed by atoms with Gasteiger partial charge in [0.2, 0.25) is 0 Å². The van der Waals surface area contributed by atoms with Crippen molar-refractivity contribution >= 4 is 29.8 Å². The van der Waals surface area contributed by atoms with Gasteiger partial charge in [0, 0.05) is 21.7 Å². The van der Waals surface area contributed by atoms with Crippen molar-refractivity contribution in [1.29, 1.82) is 0 Å². The standard InChI is InChI=1S/C14H16ClN3S/c1-14(2,3)19-17-8-12-9-18(10-16-12)13-6-4-11(15)5-7-13/h4-10H,1-3H3/b17-8+. The Bertz CT molecular complexity index is 567. The molecule has 0 saturated heterocycles. The molecule has 0 aliphatic heterocycles. The summed E-state index contributed by atoms with van der Waals surface area (Å²) < 4.78 is 6.39. The third kappa shape index (κ3) is 4.40. The van der Waals surface area contributed by atoms with Gasteiger partial charge in [0.15, 0.2) is 0 Å². The van der Waals surface area contributed by atoms with Crippen LogP contribution in [0.25, 0.3) is 5.69 Å². The van der Waals surface area contributed by atoms with Crippen LogP contribution in [0.4, 0.5) is 0 Å². The number of aromatic nitrogens is 2. The predicted octanol–water partition coefficient (Wildman–Crippen LogP) is 4.39. The molecule has 0 bridgehead atoms. The lowest BCUT2D eigenvalue weighted by atomic mass is 10.3. The van der Waals surface area contributed by atoms with Crippen LogP contribution in [-0.2, 0) is 0 Å². The molecule has 0 aliphatic rings. The van der Waals surface area contributed by atoms with Crippen molar-refractivity contribution in [3.8, 4) is 5.69 Å². The summed E-state index contributed by atoms with van der Waals surface area (Å²) in [5.41, 5.74) is 1.87. The average molecular weight is 294 g/mol. The minimum Gasteiger partial charge on any atom is -0.306 e. The first-order chi connectivity index (χ1) is 8.94. The molecule has 2 rings (SSSR count). The number of nitrogens with zero attached hydrogens (tertiary/aromatic N) is 3. The SMILES string of the molecule is CC(C)(C)S/N=C/c1cn(-c2ccc(Cl)cc2)cn1. The van der Waals surface area contributed by atoms with Gasteiger partial charge < -0.3 is 4.57 Å². The average Bonchev–Trinajstić information content (AvgIpc) is 2.77. The molecule has 100 valence electrons. The Morgan fingerprint density at radius 1 is 1.26 bits per heavy atom. The molecule has 19 heavy (non-hydrogen) atoms. The molecule has 3 nitrogen and oxygen atoms in total. The van der Waals surface area contributed by atoms with Crippen molar-refractivity contribution in [2.75, 3.05) is 0 Å². The van der Waals surface area contributed by atoms with Crippen LogP contribution in [0.2, 0.25) is 5.02 Å². The maximum Gasteiger partial charge on any atom is 0.100 e. The Kier molecular flexibility index (Phi) is 4.32. The van der Waals surface area contributed by atoms with Crippen molar-refractivity contribution < 1.29 is 0 Å². The highest BCUT2D eigenvalue weighted by Gasteiger charge is 2.09. The maximum absolute atomic E-state index is 5.87. The highest BCUT2D eigenvalue weighted by atomic mass is 35.5. The smallest absolute Gasteiger partial charge is 0.100 e. The molecule has 1 aromatic heterocycles. The lowest BCUT2D eigenvalue weighted by molar-refractivity contribution is 0.804. The Labute approximate surface area is 122 Å². The largest absolute Gasteiger partial charge is 0.306 e. The zero-order valence-electron chi connectivity index (χ0n) is 11.2. The lowest BCUT2D eigenvalue weighted by Crippen LogP contribution is -2.04. The summed E-state index contributed by atoms with van der Waals surface area (Å²) in [7, 11) is 0. The van der Waals surface area contributed by atoms with E-state index in [0.717, 1.165) is 16.4 Å². The highest BCUT2D eigenvalue weighted by molar-refractivity contribution is 7.99. The van der Waals surface area contributed by atoms with E-state index < -0.39 is 0 Å². The summed E-state index contributed by atoms with van der Waals surface area (Å²) in [6, 6.07) is 7.63. The van der Waals surface area contributed by atoms with Crippen LogP contribution in [0.1, 0.15) is 26.5 Å². The zero-order chi connectivity index (χ0) is 13.9. The third-order valence-corrected chi connectivity index (χ3v) is 3.25. The molecule has 5 heteroatoms. The fourth-order valence-electron chi connectivity index (χ4n) is 1.40. The van der Waals surface area contributed by atoms with E-state index in [9.17, 15) is 0 Å². The lowest BCUT2D eigenvalue weighted by Gasteiger charge is -2.11. The van der Waals surface area contributed by atoms with Gasteiger partial charge in [0.25, 0.3) is 0 Å². The van der Waals surface area contributed by atoms with E-state index in [1.807, 2.05) is 35.0 Å². The molecular formula is C14H16ClN3S. The van der Waals surface area contributed by atoms with Crippen LogP contribution in [0.15, 0.2) is 41.2 Å². The van der Waals surface area contributed by atoms with Gasteiger partial charge in [-0.05, 0) is 57.0 Å². The Morgan fingerprint density at radius 3 is 2.58 bits per heavy atom. The molecule has 0 fully saturated rings. The molecular weight excluding hydrogens is 278 g/mol. The number of hydrogen-bond acceptors (Lipinski definition) is 3. The molecule has 0 saturated carbocycles. The van der Waals surface area contributed by atoms with Gasteiger partial charge in [-0.3, -0.25) is 0 Å². The van der Waals surface area contributed by atoms with Crippen molar-refractivity contribution in [2.24, 2.45) is 4.40 Å². The minimum atomic E-state index is 0.120. The molecule has 0 unspecified atom stereocenters. The van der Waals surface area contributed by atoms with Crippen LogP contribution < -0.4 is 0 Å². The van der Waals surface area contributed by atoms with Gasteiger partial charge in [0.1, 0.15) is 5.69 Å². The Balaban J connectivity index is 2.09. The Morgan fingerprint density at radius 2 is 1.95 bits per heavy atom. The Hall–Kier alpha value is -1.26. The second-order valence-corrected chi connectivity index (χ2v) is 7.17. The van der Waals surface area contributed by atoms with Gasteiger partial charge in [-0.1, -0.05) is 11.6 Å². The summed E-state index contributed by atoms with van der Waals surface area (Å²) in [6.45, 7) is 6.38. The summed E-state index contributed by atoms with van der Waals surface area (Å²) >= 11 is 7.40. The van der Waals surface area contributed by atoms with Crippen molar-refractivity contribution in [2.45, 2.75) is 25.5 Å². The first-order valence-electron chi connectivity index (χ1n) is 5.95. The molecule has 0 atom stereocenters. The normalized spacial score (nSPS) is 12.2. The van der Waals surface area contributed by atoms with E-state index >= 15 is 0 Å².